The number of nitrogens with zero attached hydrogens (tertiary/aromatic N) is 1. The zero-order valence-electron chi connectivity index (χ0n) is 9.37. The molecular formula is C12H12BNO2S. The molecule has 0 fully saturated rings. The number of benzene rings is 1. The maximum absolute atomic E-state index is 9.10. The molecule has 0 bridgehead atoms. The van der Waals surface area contributed by atoms with E-state index in [1.165, 1.54) is 4.90 Å². The van der Waals surface area contributed by atoms with Crippen molar-refractivity contribution in [1.82, 2.24) is 4.98 Å². The van der Waals surface area contributed by atoms with Gasteiger partial charge in [0.15, 0.2) is 0 Å². The van der Waals surface area contributed by atoms with Crippen molar-refractivity contribution < 1.29 is 10.0 Å². The van der Waals surface area contributed by atoms with E-state index in [9.17, 15) is 0 Å². The SMILES string of the molecule is CSc1ccc(-c2cc(B(O)O)ccn2)cc1. The third-order valence-electron chi connectivity index (χ3n) is 2.47. The van der Waals surface area contributed by atoms with Crippen LogP contribution in [0, 0.1) is 0 Å². The molecule has 2 N–H and O–H groups in total. The monoisotopic (exact) mass is 245 g/mol. The molecule has 0 saturated heterocycles. The summed E-state index contributed by atoms with van der Waals surface area (Å²) in [5.74, 6) is 0. The summed E-state index contributed by atoms with van der Waals surface area (Å²) in [5.41, 5.74) is 2.15. The molecule has 2 rings (SSSR count). The van der Waals surface area contributed by atoms with E-state index in [4.69, 9.17) is 10.0 Å². The van der Waals surface area contributed by atoms with E-state index in [1.807, 2.05) is 30.5 Å². The molecule has 17 heavy (non-hydrogen) atoms. The Hall–Kier alpha value is -1.30. The Balaban J connectivity index is 2.35. The lowest BCUT2D eigenvalue weighted by molar-refractivity contribution is 0.425. The van der Waals surface area contributed by atoms with Gasteiger partial charge >= 0.3 is 7.12 Å². The Morgan fingerprint density at radius 2 is 1.82 bits per heavy atom. The molecule has 2 aromatic rings. The largest absolute Gasteiger partial charge is 0.488 e. The Morgan fingerprint density at radius 3 is 2.41 bits per heavy atom. The highest BCUT2D eigenvalue weighted by molar-refractivity contribution is 7.98. The second kappa shape index (κ2) is 5.36. The molecule has 0 amide bonds. The van der Waals surface area contributed by atoms with Gasteiger partial charge in [-0.2, -0.15) is 0 Å². The van der Waals surface area contributed by atoms with Crippen LogP contribution in [0.15, 0.2) is 47.5 Å². The number of hydrogen-bond donors (Lipinski definition) is 2. The number of rotatable bonds is 3. The Morgan fingerprint density at radius 1 is 1.12 bits per heavy atom. The van der Waals surface area contributed by atoms with Gasteiger partial charge < -0.3 is 10.0 Å². The molecule has 1 aromatic carbocycles. The summed E-state index contributed by atoms with van der Waals surface area (Å²) in [6, 6.07) is 11.3. The van der Waals surface area contributed by atoms with Gasteiger partial charge in [0.1, 0.15) is 0 Å². The average Bonchev–Trinajstić information content (AvgIpc) is 2.39. The fourth-order valence-corrected chi connectivity index (χ4v) is 1.94. The topological polar surface area (TPSA) is 53.4 Å². The fraction of sp³-hybridized carbons (Fsp3) is 0.0833. The van der Waals surface area contributed by atoms with Crippen LogP contribution in [0.2, 0.25) is 0 Å². The molecule has 0 aliphatic heterocycles. The minimum Gasteiger partial charge on any atom is -0.423 e. The van der Waals surface area contributed by atoms with E-state index < -0.39 is 7.12 Å². The van der Waals surface area contributed by atoms with Gasteiger partial charge in [-0.05, 0) is 36.0 Å². The van der Waals surface area contributed by atoms with Crippen molar-refractivity contribution >= 4 is 24.3 Å². The summed E-state index contributed by atoms with van der Waals surface area (Å²) in [7, 11) is -1.46. The van der Waals surface area contributed by atoms with Crippen LogP contribution < -0.4 is 5.46 Å². The van der Waals surface area contributed by atoms with Gasteiger partial charge in [-0.1, -0.05) is 12.1 Å². The van der Waals surface area contributed by atoms with Gasteiger partial charge in [-0.15, -0.1) is 11.8 Å². The second-order valence-electron chi connectivity index (χ2n) is 3.58. The summed E-state index contributed by atoms with van der Waals surface area (Å²) in [6.45, 7) is 0. The molecule has 0 radical (unpaired) electrons. The zero-order chi connectivity index (χ0) is 12.3. The van der Waals surface area contributed by atoms with Gasteiger partial charge in [0.2, 0.25) is 0 Å². The highest BCUT2D eigenvalue weighted by Crippen LogP contribution is 2.20. The van der Waals surface area contributed by atoms with E-state index in [2.05, 4.69) is 4.98 Å². The highest BCUT2D eigenvalue weighted by Gasteiger charge is 2.11. The van der Waals surface area contributed by atoms with E-state index in [1.54, 1.807) is 30.1 Å². The van der Waals surface area contributed by atoms with Crippen LogP contribution in [0.3, 0.4) is 0 Å². The molecule has 1 heterocycles. The van der Waals surface area contributed by atoms with Crippen LogP contribution in [0.5, 0.6) is 0 Å². The molecular weight excluding hydrogens is 233 g/mol. The van der Waals surface area contributed by atoms with Crippen LogP contribution in [0.4, 0.5) is 0 Å². The minimum atomic E-state index is -1.46. The van der Waals surface area contributed by atoms with Crippen molar-refractivity contribution in [2.75, 3.05) is 6.26 Å². The second-order valence-corrected chi connectivity index (χ2v) is 4.46. The number of thioether (sulfide) groups is 1. The standard InChI is InChI=1S/C12H12BNO2S/c1-17-11-4-2-9(3-5-11)12-8-10(13(15)16)6-7-14-12/h2-8,15-16H,1H3. The lowest BCUT2D eigenvalue weighted by atomic mass is 9.80. The number of hydrogen-bond acceptors (Lipinski definition) is 4. The van der Waals surface area contributed by atoms with Crippen LogP contribution in [-0.2, 0) is 0 Å². The highest BCUT2D eigenvalue weighted by atomic mass is 32.2. The molecule has 0 saturated carbocycles. The van der Waals surface area contributed by atoms with Crippen molar-refractivity contribution in [2.45, 2.75) is 4.90 Å². The Bertz CT molecular complexity index is 502. The summed E-state index contributed by atoms with van der Waals surface area (Å²) >= 11 is 1.68. The molecule has 3 nitrogen and oxygen atoms in total. The lowest BCUT2D eigenvalue weighted by Gasteiger charge is -2.04. The molecule has 0 atom stereocenters. The first kappa shape index (κ1) is 12.2. The molecule has 86 valence electrons. The first-order valence-electron chi connectivity index (χ1n) is 5.17. The molecule has 5 heteroatoms. The van der Waals surface area contributed by atoms with Crippen molar-refractivity contribution in [3.63, 3.8) is 0 Å². The van der Waals surface area contributed by atoms with Crippen molar-refractivity contribution in [2.24, 2.45) is 0 Å². The van der Waals surface area contributed by atoms with Gasteiger partial charge in [0.25, 0.3) is 0 Å². The van der Waals surface area contributed by atoms with Crippen LogP contribution >= 0.6 is 11.8 Å². The predicted octanol–water partition coefficient (Wildman–Crippen LogP) is 1.15. The minimum absolute atomic E-state index is 0.448. The van der Waals surface area contributed by atoms with Crippen LogP contribution in [-0.4, -0.2) is 28.4 Å². The van der Waals surface area contributed by atoms with Gasteiger partial charge in [0.05, 0.1) is 5.69 Å². The number of pyridine rings is 1. The molecule has 0 spiro atoms. The van der Waals surface area contributed by atoms with E-state index in [-0.39, 0.29) is 0 Å². The first-order valence-corrected chi connectivity index (χ1v) is 6.39. The van der Waals surface area contributed by atoms with Crippen molar-refractivity contribution in [3.05, 3.63) is 42.6 Å². The van der Waals surface area contributed by atoms with Gasteiger partial charge in [-0.25, -0.2) is 0 Å². The van der Waals surface area contributed by atoms with Crippen molar-refractivity contribution in [1.29, 1.82) is 0 Å². The summed E-state index contributed by atoms with van der Waals surface area (Å²) in [4.78, 5) is 5.41. The Labute approximate surface area is 105 Å². The number of aromatic nitrogens is 1. The van der Waals surface area contributed by atoms with Gasteiger partial charge in [0, 0.05) is 16.7 Å². The molecule has 0 aliphatic carbocycles. The molecule has 0 aliphatic rings. The molecule has 1 aromatic heterocycles. The fourth-order valence-electron chi connectivity index (χ4n) is 1.53. The van der Waals surface area contributed by atoms with E-state index in [0.29, 0.717) is 5.46 Å². The van der Waals surface area contributed by atoms with E-state index >= 15 is 0 Å². The third kappa shape index (κ3) is 2.88. The van der Waals surface area contributed by atoms with Crippen LogP contribution in [0.25, 0.3) is 11.3 Å². The lowest BCUT2D eigenvalue weighted by Crippen LogP contribution is -2.29. The van der Waals surface area contributed by atoms with Crippen molar-refractivity contribution in [3.8, 4) is 11.3 Å². The zero-order valence-corrected chi connectivity index (χ0v) is 10.2. The van der Waals surface area contributed by atoms with Gasteiger partial charge in [-0.3, -0.25) is 4.98 Å². The van der Waals surface area contributed by atoms with Crippen LogP contribution in [0.1, 0.15) is 0 Å². The van der Waals surface area contributed by atoms with E-state index in [0.717, 1.165) is 11.3 Å². The average molecular weight is 245 g/mol. The predicted molar refractivity (Wildman–Crippen MR) is 71.3 cm³/mol. The first-order chi connectivity index (χ1) is 8.20. The molecule has 0 unspecified atom stereocenters. The summed E-state index contributed by atoms with van der Waals surface area (Å²) in [5, 5.41) is 18.2. The summed E-state index contributed by atoms with van der Waals surface area (Å²) in [6.07, 6.45) is 3.60. The quantitative estimate of drug-likeness (QED) is 0.629. The maximum Gasteiger partial charge on any atom is 0.488 e. The maximum atomic E-state index is 9.10. The smallest absolute Gasteiger partial charge is 0.423 e. The summed E-state index contributed by atoms with van der Waals surface area (Å²) < 4.78 is 0. The Kier molecular flexibility index (Phi) is 3.84. The third-order valence-corrected chi connectivity index (χ3v) is 3.21. The normalized spacial score (nSPS) is 10.3.